The van der Waals surface area contributed by atoms with Gasteiger partial charge < -0.3 is 22.1 Å². The summed E-state index contributed by atoms with van der Waals surface area (Å²) >= 11 is 0. The Hall–Kier alpha value is -3.68. The zero-order valence-electron chi connectivity index (χ0n) is 15.8. The van der Waals surface area contributed by atoms with Crippen LogP contribution in [0.15, 0.2) is 48.7 Å². The van der Waals surface area contributed by atoms with Crippen LogP contribution in [-0.4, -0.2) is 27.8 Å². The number of hydrogen-bond donors (Lipinski definition) is 4. The van der Waals surface area contributed by atoms with Gasteiger partial charge in [0.15, 0.2) is 0 Å². The van der Waals surface area contributed by atoms with Crippen LogP contribution in [0.25, 0.3) is 10.9 Å². The van der Waals surface area contributed by atoms with Gasteiger partial charge in [0, 0.05) is 5.39 Å². The Kier molecular flexibility index (Phi) is 4.99. The molecule has 1 aromatic carbocycles. The first-order valence-electron chi connectivity index (χ1n) is 9.48. The van der Waals surface area contributed by atoms with Crippen molar-refractivity contribution in [2.45, 2.75) is 25.3 Å². The number of rotatable bonds is 8. The first-order chi connectivity index (χ1) is 14.0. The molecule has 3 aromatic rings. The van der Waals surface area contributed by atoms with Crippen LogP contribution in [0.3, 0.4) is 0 Å². The third kappa shape index (κ3) is 4.43. The summed E-state index contributed by atoms with van der Waals surface area (Å²) < 4.78 is 0. The van der Waals surface area contributed by atoms with Gasteiger partial charge >= 0.3 is 0 Å². The number of pyridine rings is 2. The van der Waals surface area contributed by atoms with Gasteiger partial charge in [-0.2, -0.15) is 0 Å². The summed E-state index contributed by atoms with van der Waals surface area (Å²) in [6.45, 7) is 0. The summed E-state index contributed by atoms with van der Waals surface area (Å²) in [6, 6.07) is 12.3. The number of aromatic nitrogens is 2. The molecule has 0 saturated heterocycles. The summed E-state index contributed by atoms with van der Waals surface area (Å²) in [7, 11) is 0. The molecular weight excluding hydrogens is 368 g/mol. The third-order valence-corrected chi connectivity index (χ3v) is 4.95. The lowest BCUT2D eigenvalue weighted by Crippen LogP contribution is -2.36. The Labute approximate surface area is 167 Å². The summed E-state index contributed by atoms with van der Waals surface area (Å²) in [6.07, 6.45) is 4.56. The number of amides is 2. The molecule has 2 amide bonds. The molecule has 2 heterocycles. The lowest BCUT2D eigenvalue weighted by atomic mass is 10.1. The maximum absolute atomic E-state index is 11.9. The zero-order chi connectivity index (χ0) is 20.4. The summed E-state index contributed by atoms with van der Waals surface area (Å²) in [5.41, 5.74) is 12.8. The standard InChI is InChI=1S/C21H22N6O2/c22-19(28)15-7-8-18(26-17(20(23)29)9-12-5-6-12)27-21(15)25-14-10-13-3-1-2-4-16(13)24-11-14/h1-4,7-8,10-12,17H,5-6,9H2,(H2,22,28)(H2,23,29)(H2,25,26,27). The molecule has 6 N–H and O–H groups in total. The second kappa shape index (κ2) is 7.75. The van der Waals surface area contributed by atoms with E-state index < -0.39 is 17.9 Å². The van der Waals surface area contributed by atoms with Crippen LogP contribution in [0.1, 0.15) is 29.6 Å². The highest BCUT2D eigenvalue weighted by Gasteiger charge is 2.28. The lowest BCUT2D eigenvalue weighted by Gasteiger charge is -2.17. The summed E-state index contributed by atoms with van der Waals surface area (Å²) in [5.74, 6) is 0.215. The SMILES string of the molecule is NC(=O)c1ccc(NC(CC2CC2)C(N)=O)nc1Nc1cnc2ccccc2c1. The van der Waals surface area contributed by atoms with Gasteiger partial charge in [-0.3, -0.25) is 14.6 Å². The van der Waals surface area contributed by atoms with Crippen LogP contribution >= 0.6 is 0 Å². The van der Waals surface area contributed by atoms with Gasteiger partial charge in [-0.05, 0) is 36.6 Å². The molecule has 148 valence electrons. The fourth-order valence-electron chi connectivity index (χ4n) is 3.22. The number of nitrogens with zero attached hydrogens (tertiary/aromatic N) is 2. The van der Waals surface area contributed by atoms with Crippen molar-refractivity contribution in [1.29, 1.82) is 0 Å². The Morgan fingerprint density at radius 2 is 1.93 bits per heavy atom. The topological polar surface area (TPSA) is 136 Å². The summed E-state index contributed by atoms with van der Waals surface area (Å²) in [4.78, 5) is 32.5. The number of carbonyl (C=O) groups excluding carboxylic acids is 2. The average molecular weight is 390 g/mol. The van der Waals surface area contributed by atoms with E-state index in [1.807, 2.05) is 30.3 Å². The average Bonchev–Trinajstić information content (AvgIpc) is 3.51. The van der Waals surface area contributed by atoms with Crippen molar-refractivity contribution >= 4 is 40.0 Å². The normalized spacial score (nSPS) is 14.3. The monoisotopic (exact) mass is 390 g/mol. The molecule has 1 aliphatic rings. The Balaban J connectivity index is 1.61. The van der Waals surface area contributed by atoms with Gasteiger partial charge in [0.1, 0.15) is 17.7 Å². The largest absolute Gasteiger partial charge is 0.368 e. The Morgan fingerprint density at radius 3 is 2.66 bits per heavy atom. The number of nitrogens with one attached hydrogen (secondary N) is 2. The number of nitrogens with two attached hydrogens (primary N) is 2. The number of carbonyl (C=O) groups is 2. The number of anilines is 3. The van der Waals surface area contributed by atoms with E-state index in [1.165, 1.54) is 0 Å². The highest BCUT2D eigenvalue weighted by molar-refractivity contribution is 5.99. The molecule has 29 heavy (non-hydrogen) atoms. The highest BCUT2D eigenvalue weighted by atomic mass is 16.1. The fourth-order valence-corrected chi connectivity index (χ4v) is 3.22. The Morgan fingerprint density at radius 1 is 1.14 bits per heavy atom. The van der Waals surface area contributed by atoms with Crippen LogP contribution in [-0.2, 0) is 4.79 Å². The van der Waals surface area contributed by atoms with E-state index in [4.69, 9.17) is 11.5 Å². The molecule has 0 radical (unpaired) electrons. The number of para-hydroxylation sites is 1. The molecule has 2 aromatic heterocycles. The van der Waals surface area contributed by atoms with Crippen LogP contribution in [0.5, 0.6) is 0 Å². The summed E-state index contributed by atoms with van der Waals surface area (Å²) in [5, 5.41) is 7.14. The van der Waals surface area contributed by atoms with E-state index in [0.717, 1.165) is 23.7 Å². The van der Waals surface area contributed by atoms with Gasteiger partial charge in [-0.25, -0.2) is 4.98 Å². The molecule has 8 nitrogen and oxygen atoms in total. The van der Waals surface area contributed by atoms with E-state index in [2.05, 4.69) is 20.6 Å². The molecule has 0 spiro atoms. The van der Waals surface area contributed by atoms with Gasteiger partial charge in [0.2, 0.25) is 5.91 Å². The maximum Gasteiger partial charge on any atom is 0.252 e. The van der Waals surface area contributed by atoms with Crippen LogP contribution < -0.4 is 22.1 Å². The predicted molar refractivity (Wildman–Crippen MR) is 112 cm³/mol. The quantitative estimate of drug-likeness (QED) is 0.467. The first-order valence-corrected chi connectivity index (χ1v) is 9.48. The van der Waals surface area contributed by atoms with Gasteiger partial charge in [0.05, 0.1) is 23.0 Å². The molecular formula is C21H22N6O2. The predicted octanol–water partition coefficient (Wildman–Crippen LogP) is 2.54. The molecule has 1 fully saturated rings. The molecule has 1 saturated carbocycles. The second-order valence-electron chi connectivity index (χ2n) is 7.28. The third-order valence-electron chi connectivity index (χ3n) is 4.95. The zero-order valence-corrected chi connectivity index (χ0v) is 15.8. The van der Waals surface area contributed by atoms with E-state index >= 15 is 0 Å². The van der Waals surface area contributed by atoms with Crippen molar-refractivity contribution in [2.75, 3.05) is 10.6 Å². The Bertz CT molecular complexity index is 1080. The lowest BCUT2D eigenvalue weighted by molar-refractivity contribution is -0.118. The first kappa shape index (κ1) is 18.7. The molecule has 1 aliphatic carbocycles. The number of fused-ring (bicyclic) bond motifs is 1. The van der Waals surface area contributed by atoms with E-state index in [1.54, 1.807) is 18.3 Å². The molecule has 4 rings (SSSR count). The minimum absolute atomic E-state index is 0.238. The fraction of sp³-hybridized carbons (Fsp3) is 0.238. The molecule has 8 heteroatoms. The van der Waals surface area contributed by atoms with Crippen molar-refractivity contribution < 1.29 is 9.59 Å². The molecule has 1 unspecified atom stereocenters. The van der Waals surface area contributed by atoms with Crippen molar-refractivity contribution in [3.63, 3.8) is 0 Å². The maximum atomic E-state index is 11.9. The number of benzene rings is 1. The van der Waals surface area contributed by atoms with Gasteiger partial charge in [-0.15, -0.1) is 0 Å². The van der Waals surface area contributed by atoms with E-state index in [9.17, 15) is 9.59 Å². The van der Waals surface area contributed by atoms with Crippen LogP contribution in [0.2, 0.25) is 0 Å². The van der Waals surface area contributed by atoms with Crippen molar-refractivity contribution in [3.8, 4) is 0 Å². The number of hydrogen-bond acceptors (Lipinski definition) is 6. The minimum atomic E-state index is -0.607. The second-order valence-corrected chi connectivity index (χ2v) is 7.28. The molecule has 0 aliphatic heterocycles. The number of primary amides is 2. The minimum Gasteiger partial charge on any atom is -0.368 e. The van der Waals surface area contributed by atoms with Crippen molar-refractivity contribution in [1.82, 2.24) is 9.97 Å². The van der Waals surface area contributed by atoms with Gasteiger partial charge in [0.25, 0.3) is 5.91 Å². The molecule has 1 atom stereocenters. The van der Waals surface area contributed by atoms with E-state index in [-0.39, 0.29) is 11.4 Å². The smallest absolute Gasteiger partial charge is 0.252 e. The highest BCUT2D eigenvalue weighted by Crippen LogP contribution is 2.34. The van der Waals surface area contributed by atoms with E-state index in [0.29, 0.717) is 23.8 Å². The molecule has 0 bridgehead atoms. The van der Waals surface area contributed by atoms with Crippen LogP contribution in [0.4, 0.5) is 17.3 Å². The van der Waals surface area contributed by atoms with Gasteiger partial charge in [-0.1, -0.05) is 31.0 Å². The van der Waals surface area contributed by atoms with Crippen molar-refractivity contribution in [2.24, 2.45) is 17.4 Å². The van der Waals surface area contributed by atoms with Crippen molar-refractivity contribution in [3.05, 3.63) is 54.2 Å². The van der Waals surface area contributed by atoms with Crippen LogP contribution in [0, 0.1) is 5.92 Å².